The van der Waals surface area contributed by atoms with Crippen molar-refractivity contribution in [3.05, 3.63) is 107 Å². The van der Waals surface area contributed by atoms with Crippen LogP contribution in [0.3, 0.4) is 0 Å². The van der Waals surface area contributed by atoms with Crippen molar-refractivity contribution in [2.75, 3.05) is 13.1 Å². The minimum absolute atomic E-state index is 0.110. The number of nitrogens with one attached hydrogen (secondary N) is 1. The van der Waals surface area contributed by atoms with Crippen LogP contribution in [0.1, 0.15) is 62.7 Å². The summed E-state index contributed by atoms with van der Waals surface area (Å²) in [5, 5.41) is 2.25. The third-order valence-corrected chi connectivity index (χ3v) is 8.84. The van der Waals surface area contributed by atoms with Gasteiger partial charge in [-0.15, -0.1) is 0 Å². The molecule has 40 heavy (non-hydrogen) atoms. The second-order valence-electron chi connectivity index (χ2n) is 11.2. The highest BCUT2D eigenvalue weighted by molar-refractivity contribution is 6.23. The molecule has 5 aliphatic rings. The lowest BCUT2D eigenvalue weighted by molar-refractivity contribution is -0.136. The van der Waals surface area contributed by atoms with Crippen molar-refractivity contribution in [1.29, 1.82) is 0 Å². The fourth-order valence-electron chi connectivity index (χ4n) is 6.90. The number of hydrogen-bond acceptors (Lipinski definition) is 6. The lowest BCUT2D eigenvalue weighted by Crippen LogP contribution is -2.68. The molecule has 0 aromatic heterocycles. The first-order valence-electron chi connectivity index (χ1n) is 13.9. The number of amides is 4. The third-order valence-electron chi connectivity index (χ3n) is 8.84. The molecule has 3 unspecified atom stereocenters. The molecule has 3 aromatic carbocycles. The number of imide groups is 2. The maximum absolute atomic E-state index is 13.3. The quantitative estimate of drug-likeness (QED) is 0.489. The summed E-state index contributed by atoms with van der Waals surface area (Å²) >= 11 is 0. The van der Waals surface area contributed by atoms with E-state index in [-0.39, 0.29) is 24.8 Å². The minimum Gasteiger partial charge on any atom is -0.295 e. The normalized spacial score (nSPS) is 24.7. The first kappa shape index (κ1) is 24.9. The van der Waals surface area contributed by atoms with Gasteiger partial charge in [0, 0.05) is 38.1 Å². The Kier molecular flexibility index (Phi) is 6.09. The summed E-state index contributed by atoms with van der Waals surface area (Å²) in [5.74, 6) is -1.89. The summed E-state index contributed by atoms with van der Waals surface area (Å²) in [6, 6.07) is 26.9. The average molecular weight is 535 g/mol. The van der Waals surface area contributed by atoms with Gasteiger partial charge in [0.15, 0.2) is 0 Å². The van der Waals surface area contributed by atoms with Crippen molar-refractivity contribution in [3.8, 4) is 0 Å². The number of carbonyl (C=O) groups excluding carboxylic acids is 4. The maximum Gasteiger partial charge on any atom is 0.262 e. The zero-order chi connectivity index (χ0) is 27.4. The van der Waals surface area contributed by atoms with E-state index in [1.54, 1.807) is 6.07 Å². The molecule has 4 saturated heterocycles. The van der Waals surface area contributed by atoms with Crippen molar-refractivity contribution in [1.82, 2.24) is 20.0 Å². The van der Waals surface area contributed by atoms with Crippen LogP contribution in [-0.4, -0.2) is 69.5 Å². The second kappa shape index (κ2) is 9.80. The van der Waals surface area contributed by atoms with Crippen molar-refractivity contribution in [2.24, 2.45) is 0 Å². The number of hydrogen-bond donors (Lipinski definition) is 1. The van der Waals surface area contributed by atoms with Gasteiger partial charge >= 0.3 is 0 Å². The van der Waals surface area contributed by atoms with Gasteiger partial charge in [-0.25, -0.2) is 0 Å². The van der Waals surface area contributed by atoms with E-state index in [1.807, 2.05) is 12.1 Å². The molecule has 5 heterocycles. The Hall–Kier alpha value is -4.14. The summed E-state index contributed by atoms with van der Waals surface area (Å²) in [6.45, 7) is 2.62. The minimum atomic E-state index is -0.948. The van der Waals surface area contributed by atoms with Gasteiger partial charge in [-0.05, 0) is 41.7 Å². The van der Waals surface area contributed by atoms with Gasteiger partial charge in [-0.2, -0.15) is 0 Å². The molecule has 1 N–H and O–H groups in total. The first-order valence-corrected chi connectivity index (χ1v) is 13.9. The number of rotatable bonds is 6. The average Bonchev–Trinajstić information content (AvgIpc) is 3.22. The van der Waals surface area contributed by atoms with Crippen LogP contribution >= 0.6 is 0 Å². The zero-order valence-corrected chi connectivity index (χ0v) is 22.0. The zero-order valence-electron chi connectivity index (χ0n) is 22.0. The van der Waals surface area contributed by atoms with E-state index in [0.717, 1.165) is 30.0 Å². The van der Waals surface area contributed by atoms with Crippen LogP contribution in [0.15, 0.2) is 78.9 Å². The van der Waals surface area contributed by atoms with Gasteiger partial charge in [0.05, 0.1) is 17.2 Å². The predicted octanol–water partition coefficient (Wildman–Crippen LogP) is 3.14. The molecule has 0 spiro atoms. The van der Waals surface area contributed by atoms with E-state index >= 15 is 0 Å². The molecule has 8 nitrogen and oxygen atoms in total. The summed E-state index contributed by atoms with van der Waals surface area (Å²) in [6.07, 6.45) is 1.42. The highest BCUT2D eigenvalue weighted by Gasteiger charge is 2.47. The summed E-state index contributed by atoms with van der Waals surface area (Å²) in [7, 11) is 0. The molecule has 0 aliphatic carbocycles. The predicted molar refractivity (Wildman–Crippen MR) is 147 cm³/mol. The fourth-order valence-corrected chi connectivity index (χ4v) is 6.90. The van der Waals surface area contributed by atoms with Crippen molar-refractivity contribution in [3.63, 3.8) is 0 Å². The Bertz CT molecular complexity index is 1460. The van der Waals surface area contributed by atoms with Crippen molar-refractivity contribution in [2.45, 2.75) is 50.0 Å². The molecule has 0 radical (unpaired) electrons. The molecular weight excluding hydrogens is 504 g/mol. The molecule has 3 atom stereocenters. The van der Waals surface area contributed by atoms with Crippen LogP contribution in [0.2, 0.25) is 0 Å². The van der Waals surface area contributed by atoms with E-state index in [2.05, 4.69) is 75.8 Å². The van der Waals surface area contributed by atoms with Gasteiger partial charge in [0.2, 0.25) is 11.8 Å². The lowest BCUT2D eigenvalue weighted by atomic mass is 9.84. The summed E-state index contributed by atoms with van der Waals surface area (Å²) in [4.78, 5) is 56.4. The van der Waals surface area contributed by atoms with Crippen molar-refractivity contribution >= 4 is 23.6 Å². The number of fused-ring (bicyclic) bond motifs is 3. The Morgan fingerprint density at radius 3 is 2.02 bits per heavy atom. The highest BCUT2D eigenvalue weighted by Crippen LogP contribution is 2.40. The largest absolute Gasteiger partial charge is 0.295 e. The second-order valence-corrected chi connectivity index (χ2v) is 11.2. The molecule has 5 aliphatic heterocycles. The van der Waals surface area contributed by atoms with Crippen LogP contribution in [0.4, 0.5) is 0 Å². The highest BCUT2D eigenvalue weighted by atomic mass is 16.2. The number of benzene rings is 3. The molecule has 8 rings (SSSR count). The smallest absolute Gasteiger partial charge is 0.262 e. The summed E-state index contributed by atoms with van der Waals surface area (Å²) in [5.41, 5.74) is 4.23. The molecule has 2 bridgehead atoms. The fraction of sp³-hybridized carbons (Fsp3) is 0.312. The number of piperidine rings is 2. The Balaban J connectivity index is 1.07. The third kappa shape index (κ3) is 4.15. The molecular formula is C32H30N4O4. The van der Waals surface area contributed by atoms with E-state index in [0.29, 0.717) is 29.8 Å². The summed E-state index contributed by atoms with van der Waals surface area (Å²) < 4.78 is 0. The number of nitrogens with zero attached hydrogens (tertiary/aromatic N) is 3. The lowest BCUT2D eigenvalue weighted by Gasteiger charge is -2.58. The standard InChI is InChI=1S/C32H30N4O4/c37-28-14-13-27(30(38)33-28)36-31(39)25-12-11-20(15-26(25)32(36)40)17-35-23-16-24(35)19-34(18-23)29(21-7-3-1-4-8-21)22-9-5-2-6-10-22/h1-12,15,23-24,27,29H,13-14,16-19H2,(H,33,37,38). The van der Waals surface area contributed by atoms with Gasteiger partial charge in [-0.3, -0.25) is 39.2 Å². The van der Waals surface area contributed by atoms with Crippen LogP contribution in [-0.2, 0) is 16.1 Å². The van der Waals surface area contributed by atoms with Crippen LogP contribution in [0, 0.1) is 0 Å². The molecule has 3 aromatic rings. The van der Waals surface area contributed by atoms with Crippen molar-refractivity contribution < 1.29 is 19.2 Å². The monoisotopic (exact) mass is 534 g/mol. The maximum atomic E-state index is 13.3. The van der Waals surface area contributed by atoms with E-state index < -0.39 is 23.8 Å². The Morgan fingerprint density at radius 2 is 1.40 bits per heavy atom. The van der Waals surface area contributed by atoms with Gasteiger partial charge < -0.3 is 0 Å². The number of carbonyl (C=O) groups is 4. The number of piperazine rings is 1. The molecule has 0 saturated carbocycles. The SMILES string of the molecule is O=C1CCC(N2C(=O)c3ccc(CN4C5CC4CN(C(c4ccccc4)c4ccccc4)C5)cc3C2=O)C(=O)N1. The Morgan fingerprint density at radius 1 is 0.775 bits per heavy atom. The molecule has 202 valence electrons. The molecule has 4 fully saturated rings. The van der Waals surface area contributed by atoms with Crippen LogP contribution < -0.4 is 5.32 Å². The van der Waals surface area contributed by atoms with Gasteiger partial charge in [0.25, 0.3) is 11.8 Å². The topological polar surface area (TPSA) is 90.0 Å². The van der Waals surface area contributed by atoms with Gasteiger partial charge in [-0.1, -0.05) is 66.7 Å². The van der Waals surface area contributed by atoms with E-state index in [9.17, 15) is 19.2 Å². The first-order chi connectivity index (χ1) is 19.5. The molecule has 8 heteroatoms. The Labute approximate surface area is 232 Å². The van der Waals surface area contributed by atoms with E-state index in [4.69, 9.17) is 0 Å². The van der Waals surface area contributed by atoms with Crippen LogP contribution in [0.25, 0.3) is 0 Å². The van der Waals surface area contributed by atoms with Gasteiger partial charge in [0.1, 0.15) is 6.04 Å². The van der Waals surface area contributed by atoms with Crippen LogP contribution in [0.5, 0.6) is 0 Å². The van der Waals surface area contributed by atoms with E-state index in [1.165, 1.54) is 11.1 Å². The molecule has 4 amide bonds.